The molecule has 0 radical (unpaired) electrons. The van der Waals surface area contributed by atoms with Crippen molar-refractivity contribution in [2.24, 2.45) is 5.92 Å². The summed E-state index contributed by atoms with van der Waals surface area (Å²) in [5, 5.41) is 13.6. The third kappa shape index (κ3) is 28.7. The fourth-order valence-electron chi connectivity index (χ4n) is 5.17. The van der Waals surface area contributed by atoms with Gasteiger partial charge < -0.3 is 64.4 Å². The molecule has 1 fully saturated rings. The third-order valence-corrected chi connectivity index (χ3v) is 8.88. The number of hydrogen-bond acceptors (Lipinski definition) is 14. The van der Waals surface area contributed by atoms with Gasteiger partial charge in [-0.2, -0.15) is 0 Å². The molecular weight excluding hydrogens is 761 g/mol. The largest absolute Gasteiger partial charge is 0.801 e. The van der Waals surface area contributed by atoms with Crippen molar-refractivity contribution in [3.8, 4) is 0 Å². The van der Waals surface area contributed by atoms with E-state index < -0.39 is 42.2 Å². The molecule has 0 saturated heterocycles. The van der Waals surface area contributed by atoms with Gasteiger partial charge in [0, 0.05) is 59.7 Å². The van der Waals surface area contributed by atoms with Gasteiger partial charge in [-0.15, -0.1) is 0 Å². The molecule has 55 heavy (non-hydrogen) atoms. The van der Waals surface area contributed by atoms with Crippen LogP contribution >= 0.6 is 6.49 Å². The fraction of sp³-hybridized carbons (Fsp3) is 0.857. The smallest absolute Gasteiger partial charge is 0.242 e. The van der Waals surface area contributed by atoms with Crippen LogP contribution in [-0.4, -0.2) is 155 Å². The highest BCUT2D eigenvalue weighted by Gasteiger charge is 2.31. The van der Waals surface area contributed by atoms with E-state index >= 15 is 0 Å². The van der Waals surface area contributed by atoms with E-state index in [1.165, 1.54) is 6.66 Å². The Bertz CT molecular complexity index is 1110. The van der Waals surface area contributed by atoms with Crippen molar-refractivity contribution in [2.75, 3.05) is 107 Å². The summed E-state index contributed by atoms with van der Waals surface area (Å²) in [6, 6.07) is -2.11. The highest BCUT2D eigenvalue weighted by molar-refractivity contribution is 8.08. The lowest BCUT2D eigenvalue weighted by molar-refractivity contribution is -0.185. The van der Waals surface area contributed by atoms with Crippen LogP contribution in [0.5, 0.6) is 0 Å². The lowest BCUT2D eigenvalue weighted by Gasteiger charge is -2.34. The summed E-state index contributed by atoms with van der Waals surface area (Å²) in [6.07, 6.45) is 1.29. The van der Waals surface area contributed by atoms with Crippen molar-refractivity contribution in [3.63, 3.8) is 0 Å². The van der Waals surface area contributed by atoms with Crippen molar-refractivity contribution in [1.29, 1.82) is 0 Å². The molecule has 0 spiro atoms. The summed E-state index contributed by atoms with van der Waals surface area (Å²) in [6.45, 7) is 5.92. The number of amides is 5. The molecule has 1 aliphatic rings. The van der Waals surface area contributed by atoms with Crippen LogP contribution in [0.25, 0.3) is 0 Å². The minimum absolute atomic E-state index is 0.00748. The summed E-state index contributed by atoms with van der Waals surface area (Å²) in [5.41, 5.74) is 0. The molecule has 3 atom stereocenters. The first-order chi connectivity index (χ1) is 26.4. The quantitative estimate of drug-likeness (QED) is 0.0449. The van der Waals surface area contributed by atoms with Crippen molar-refractivity contribution in [2.45, 2.75) is 83.4 Å². The van der Waals surface area contributed by atoms with Crippen LogP contribution < -0.4 is 31.5 Å². The molecule has 18 nitrogen and oxygen atoms in total. The van der Waals surface area contributed by atoms with Gasteiger partial charge >= 0.3 is 0 Å². The molecule has 0 aromatic rings. The van der Waals surface area contributed by atoms with E-state index in [1.54, 1.807) is 21.3 Å². The zero-order valence-electron chi connectivity index (χ0n) is 33.6. The van der Waals surface area contributed by atoms with E-state index in [1.807, 2.05) is 13.8 Å². The third-order valence-electron chi connectivity index (χ3n) is 7.95. The second-order valence-electron chi connectivity index (χ2n) is 12.4. The molecule has 0 aliphatic heterocycles. The molecule has 20 heteroatoms. The van der Waals surface area contributed by atoms with Gasteiger partial charge in [-0.1, -0.05) is 25.7 Å². The summed E-state index contributed by atoms with van der Waals surface area (Å²) in [7, 11) is 4.65. The molecule has 0 aromatic heterocycles. The average molecular weight is 829 g/mol. The molecule has 322 valence electrons. The number of nitrogens with one attached hydrogen (secondary N) is 5. The zero-order chi connectivity index (χ0) is 41.3. The van der Waals surface area contributed by atoms with Crippen LogP contribution in [-0.2, 0) is 68.7 Å². The summed E-state index contributed by atoms with van der Waals surface area (Å²) in [4.78, 5) is 77.1. The van der Waals surface area contributed by atoms with Gasteiger partial charge in [-0.25, -0.2) is 0 Å². The van der Waals surface area contributed by atoms with Crippen molar-refractivity contribution in [1.82, 2.24) is 26.6 Å². The molecule has 0 bridgehead atoms. The molecule has 5 amide bonds. The second-order valence-corrected chi connectivity index (χ2v) is 16.1. The maximum Gasteiger partial charge on any atom is 0.242 e. The first-order valence-electron chi connectivity index (χ1n) is 19.0. The normalized spacial score (nSPS) is 17.4. The second kappa shape index (κ2) is 33.8. The summed E-state index contributed by atoms with van der Waals surface area (Å²) >= 11 is 4.88. The maximum atomic E-state index is 13.3. The lowest BCUT2D eigenvalue weighted by atomic mass is 9.86. The zero-order valence-corrected chi connectivity index (χ0v) is 35.3. The highest BCUT2D eigenvalue weighted by atomic mass is 32.5. The van der Waals surface area contributed by atoms with E-state index in [9.17, 15) is 28.9 Å². The van der Waals surface area contributed by atoms with Crippen LogP contribution in [0.15, 0.2) is 0 Å². The van der Waals surface area contributed by atoms with Gasteiger partial charge in [-0.3, -0.25) is 24.0 Å². The van der Waals surface area contributed by atoms with Gasteiger partial charge in [0.15, 0.2) is 0 Å². The number of carbonyl (C=O) groups excluding carboxylic acids is 5. The molecular formula is C35H67N5O13PS-. The van der Waals surface area contributed by atoms with Crippen LogP contribution in [0, 0.1) is 5.92 Å². The Labute approximate surface area is 332 Å². The summed E-state index contributed by atoms with van der Waals surface area (Å²) < 4.78 is 36.4. The van der Waals surface area contributed by atoms with Crippen LogP contribution in [0.2, 0.25) is 0 Å². The Hall–Kier alpha value is -2.32. The number of methoxy groups -OCH3 is 3. The van der Waals surface area contributed by atoms with Crippen LogP contribution in [0.1, 0.15) is 65.2 Å². The Morgan fingerprint density at radius 3 is 1.49 bits per heavy atom. The minimum atomic E-state index is -3.09. The first kappa shape index (κ1) is 52.7. The highest BCUT2D eigenvalue weighted by Crippen LogP contribution is 2.39. The topological polar surface area (TPSA) is 233 Å². The summed E-state index contributed by atoms with van der Waals surface area (Å²) in [5.74, 6) is -2.63. The molecule has 1 rings (SSSR count). The van der Waals surface area contributed by atoms with E-state index in [4.69, 9.17) is 44.8 Å². The number of hydrogen-bond donors (Lipinski definition) is 5. The van der Waals surface area contributed by atoms with Crippen molar-refractivity contribution in [3.05, 3.63) is 0 Å². The van der Waals surface area contributed by atoms with Crippen molar-refractivity contribution < 1.29 is 61.8 Å². The monoisotopic (exact) mass is 828 g/mol. The molecule has 0 aromatic carbocycles. The SMILES string of the molecule is CC.COCCOCCNC(=O)CCC(NC(=O)CCC(NC(=O)C1CCC(OP(C)([O-])=S)CC1)C(=O)NCCOCCOC)C(=O)NCCOCCOC. The lowest BCUT2D eigenvalue weighted by Crippen LogP contribution is -2.51. The van der Waals surface area contributed by atoms with Crippen molar-refractivity contribution >= 4 is 47.8 Å². The van der Waals surface area contributed by atoms with E-state index in [2.05, 4.69) is 26.6 Å². The van der Waals surface area contributed by atoms with Gasteiger partial charge in [0.05, 0.1) is 65.6 Å². The predicted octanol–water partition coefficient (Wildman–Crippen LogP) is -0.245. The molecule has 0 heterocycles. The fourth-order valence-corrected chi connectivity index (χ4v) is 6.29. The predicted molar refractivity (Wildman–Crippen MR) is 208 cm³/mol. The number of rotatable bonds is 31. The molecule has 5 N–H and O–H groups in total. The van der Waals surface area contributed by atoms with Gasteiger partial charge in [0.1, 0.15) is 12.1 Å². The standard InChI is InChI=1S/C33H62N5O13PS.C2H6/c1-45-19-22-48-16-13-34-29(39)11-9-27(32(42)35-14-17-49-23-20-46-2)37-30(40)12-10-28(33(43)36-15-18-50-24-21-47-3)38-31(41)25-5-7-26(8-6-25)51-52(4,44)53;1-2/h25-28H,5-24H2,1-4H3,(H,34,39)(H,35,42)(H,36,43)(H,37,40)(H,38,41)(H,44,53);1-2H3/p-1. The van der Waals surface area contributed by atoms with E-state index in [-0.39, 0.29) is 83.1 Å². The van der Waals surface area contributed by atoms with Gasteiger partial charge in [-0.05, 0) is 51.7 Å². The Morgan fingerprint density at radius 2 is 1.05 bits per heavy atom. The first-order valence-corrected chi connectivity index (χ1v) is 22.1. The van der Waals surface area contributed by atoms with Crippen LogP contribution in [0.3, 0.4) is 0 Å². The molecule has 1 aliphatic carbocycles. The Balaban J connectivity index is 0.0000143. The van der Waals surface area contributed by atoms with E-state index in [0.29, 0.717) is 65.3 Å². The van der Waals surface area contributed by atoms with E-state index in [0.717, 1.165) is 0 Å². The maximum absolute atomic E-state index is 13.3. The molecule has 1 saturated carbocycles. The van der Waals surface area contributed by atoms with Crippen LogP contribution in [0.4, 0.5) is 0 Å². The number of carbonyl (C=O) groups is 5. The molecule has 3 unspecified atom stereocenters. The Kier molecular flexibility index (Phi) is 32.4. The van der Waals surface area contributed by atoms with Gasteiger partial charge in [0.25, 0.3) is 0 Å². The Morgan fingerprint density at radius 1 is 0.636 bits per heavy atom. The minimum Gasteiger partial charge on any atom is -0.801 e. The van der Waals surface area contributed by atoms with Gasteiger partial charge in [0.2, 0.25) is 29.5 Å². The number of ether oxygens (including phenoxy) is 6. The average Bonchev–Trinajstić information content (AvgIpc) is 3.16.